The van der Waals surface area contributed by atoms with Gasteiger partial charge in [-0.1, -0.05) is 96.0 Å². The van der Waals surface area contributed by atoms with E-state index >= 15 is 0 Å². The van der Waals surface area contributed by atoms with Crippen molar-refractivity contribution >= 4 is 68.4 Å². The molecule has 8 rings (SSSR count). The zero-order valence-electron chi connectivity index (χ0n) is 28.8. The third kappa shape index (κ3) is 7.98. The lowest BCUT2D eigenvalue weighted by molar-refractivity contribution is 0.371. The van der Waals surface area contributed by atoms with E-state index < -0.39 is 41.2 Å². The number of rotatable bonds is 9. The molecule has 0 bridgehead atoms. The summed E-state index contributed by atoms with van der Waals surface area (Å²) >= 11 is 14.5. The summed E-state index contributed by atoms with van der Waals surface area (Å²) in [6.07, 6.45) is 2.08. The van der Waals surface area contributed by atoms with Gasteiger partial charge in [-0.3, -0.25) is 10.2 Å². The van der Waals surface area contributed by atoms with Crippen LogP contribution in [0.25, 0.3) is 44.1 Å². The van der Waals surface area contributed by atoms with Gasteiger partial charge in [0, 0.05) is 45.4 Å². The van der Waals surface area contributed by atoms with Crippen molar-refractivity contribution in [2.45, 2.75) is 18.0 Å². The minimum atomic E-state index is -2.20. The summed E-state index contributed by atoms with van der Waals surface area (Å²) < 4.78 is 67.7. The highest BCUT2D eigenvalue weighted by Crippen LogP contribution is 2.36. The van der Waals surface area contributed by atoms with Crippen molar-refractivity contribution in [2.24, 2.45) is 0 Å². The Morgan fingerprint density at radius 1 is 0.564 bits per heavy atom. The van der Waals surface area contributed by atoms with Crippen molar-refractivity contribution in [1.82, 2.24) is 20.4 Å². The first-order valence-electron chi connectivity index (χ1n) is 16.7. The maximum atomic E-state index is 13.9. The Hall–Kier alpha value is -5.56. The highest BCUT2D eigenvalue weighted by atomic mass is 35.5. The van der Waals surface area contributed by atoms with Crippen molar-refractivity contribution in [1.29, 1.82) is 0 Å². The van der Waals surface area contributed by atoms with Gasteiger partial charge in [-0.15, -0.1) is 11.8 Å². The van der Waals surface area contributed by atoms with E-state index in [-0.39, 0.29) is 5.82 Å². The first-order valence-corrected chi connectivity index (χ1v) is 18.7. The van der Waals surface area contributed by atoms with E-state index in [4.69, 9.17) is 23.2 Å². The molecule has 0 amide bonds. The van der Waals surface area contributed by atoms with Gasteiger partial charge in [0.1, 0.15) is 0 Å². The molecule has 4 N–H and O–H groups in total. The fourth-order valence-electron chi connectivity index (χ4n) is 5.93. The third-order valence-corrected chi connectivity index (χ3v) is 10.2. The Labute approximate surface area is 326 Å². The van der Waals surface area contributed by atoms with Crippen LogP contribution in [0.4, 0.5) is 33.6 Å². The van der Waals surface area contributed by atoms with Crippen LogP contribution in [0.1, 0.15) is 11.1 Å². The van der Waals surface area contributed by atoms with Crippen molar-refractivity contribution < 1.29 is 22.0 Å². The summed E-state index contributed by atoms with van der Waals surface area (Å²) in [6, 6.07) is 35.3. The van der Waals surface area contributed by atoms with Gasteiger partial charge < -0.3 is 10.6 Å². The Bertz CT molecular complexity index is 2590. The zero-order chi connectivity index (χ0) is 38.6. The number of anilines is 2. The van der Waals surface area contributed by atoms with Crippen LogP contribution in [0.5, 0.6) is 0 Å². The largest absolute Gasteiger partial charge is 0.364 e. The predicted molar refractivity (Wildman–Crippen MR) is 212 cm³/mol. The number of benzene rings is 6. The van der Waals surface area contributed by atoms with Crippen LogP contribution in [0.15, 0.2) is 114 Å². The molecule has 0 aliphatic carbocycles. The van der Waals surface area contributed by atoms with E-state index in [1.165, 1.54) is 10.5 Å². The Balaban J connectivity index is 0.000000170. The molecule has 0 fully saturated rings. The van der Waals surface area contributed by atoms with Crippen LogP contribution < -0.4 is 10.6 Å². The topological polar surface area (TPSA) is 81.4 Å². The van der Waals surface area contributed by atoms with Gasteiger partial charge in [0.05, 0.1) is 21.1 Å². The monoisotopic (exact) mass is 802 g/mol. The second kappa shape index (κ2) is 16.4. The minimum absolute atomic E-state index is 0.179. The number of hydrogen-bond donors (Lipinski definition) is 4. The summed E-state index contributed by atoms with van der Waals surface area (Å²) in [4.78, 5) is 1.26. The molecule has 0 atom stereocenters. The molecular weight excluding hydrogens is 774 g/mol. The summed E-state index contributed by atoms with van der Waals surface area (Å²) in [5.41, 5.74) is 5.34. The second-order valence-corrected chi connectivity index (χ2v) is 13.9. The van der Waals surface area contributed by atoms with E-state index in [0.29, 0.717) is 26.5 Å². The number of aromatic amines is 2. The van der Waals surface area contributed by atoms with Gasteiger partial charge in [0.2, 0.25) is 5.82 Å². The molecule has 55 heavy (non-hydrogen) atoms. The maximum Gasteiger partial charge on any atom is 0.200 e. The van der Waals surface area contributed by atoms with Crippen LogP contribution in [0, 0.1) is 29.1 Å². The molecule has 2 aromatic heterocycles. The molecule has 0 saturated heterocycles. The van der Waals surface area contributed by atoms with Crippen LogP contribution >= 0.6 is 35.0 Å². The van der Waals surface area contributed by atoms with Crippen LogP contribution in [-0.4, -0.2) is 26.7 Å². The molecule has 2 heterocycles. The molecule has 6 aromatic carbocycles. The summed E-state index contributed by atoms with van der Waals surface area (Å²) in [5, 5.41) is 23.0. The Morgan fingerprint density at radius 3 is 1.45 bits per heavy atom. The maximum absolute atomic E-state index is 13.9. The van der Waals surface area contributed by atoms with Crippen LogP contribution in [0.3, 0.4) is 0 Å². The lowest BCUT2D eigenvalue weighted by Crippen LogP contribution is -2.11. The van der Waals surface area contributed by atoms with Crippen molar-refractivity contribution in [2.75, 3.05) is 16.9 Å². The van der Waals surface area contributed by atoms with Crippen molar-refractivity contribution in [3.63, 3.8) is 0 Å². The number of nitrogens with one attached hydrogen (secondary N) is 4. The highest BCUT2D eigenvalue weighted by molar-refractivity contribution is 7.98. The van der Waals surface area contributed by atoms with Gasteiger partial charge in [-0.05, 0) is 59.3 Å². The Kier molecular flexibility index (Phi) is 11.3. The van der Waals surface area contributed by atoms with E-state index in [2.05, 4.69) is 79.7 Å². The highest BCUT2D eigenvalue weighted by Gasteiger charge is 2.26. The van der Waals surface area contributed by atoms with E-state index in [1.54, 1.807) is 23.9 Å². The molecule has 0 saturated carbocycles. The van der Waals surface area contributed by atoms with Gasteiger partial charge >= 0.3 is 0 Å². The quantitative estimate of drug-likeness (QED) is 0.0506. The molecule has 0 unspecified atom stereocenters. The number of thioether (sulfide) groups is 1. The van der Waals surface area contributed by atoms with Crippen molar-refractivity contribution in [3.8, 4) is 22.3 Å². The number of halogens is 7. The lowest BCUT2D eigenvalue weighted by Gasteiger charge is -2.10. The molecule has 0 aliphatic rings. The summed E-state index contributed by atoms with van der Waals surface area (Å²) in [6.45, 7) is 0.0624. The van der Waals surface area contributed by atoms with E-state index in [0.717, 1.165) is 40.0 Å². The second-order valence-electron chi connectivity index (χ2n) is 12.2. The van der Waals surface area contributed by atoms with Gasteiger partial charge in [0.15, 0.2) is 34.9 Å². The molecular formula is C41H29Cl2F5N6S. The third-order valence-electron chi connectivity index (χ3n) is 8.82. The molecule has 0 radical (unpaired) electrons. The lowest BCUT2D eigenvalue weighted by atomic mass is 10.0. The van der Waals surface area contributed by atoms with Gasteiger partial charge in [-0.25, -0.2) is 22.0 Å². The van der Waals surface area contributed by atoms with Gasteiger partial charge in [-0.2, -0.15) is 10.2 Å². The molecule has 278 valence electrons. The number of fused-ring (bicyclic) bond motifs is 2. The fraction of sp³-hybridized carbons (Fsp3) is 0.0732. The first kappa shape index (κ1) is 37.7. The predicted octanol–water partition coefficient (Wildman–Crippen LogP) is 12.4. The zero-order valence-corrected chi connectivity index (χ0v) is 31.1. The Morgan fingerprint density at radius 2 is 1.00 bits per heavy atom. The van der Waals surface area contributed by atoms with Crippen LogP contribution in [0.2, 0.25) is 10.0 Å². The molecule has 14 heteroatoms. The molecule has 8 aromatic rings. The number of hydrogen-bond acceptors (Lipinski definition) is 5. The molecule has 6 nitrogen and oxygen atoms in total. The smallest absolute Gasteiger partial charge is 0.200 e. The molecule has 0 aliphatic heterocycles. The van der Waals surface area contributed by atoms with Crippen molar-refractivity contribution in [3.05, 3.63) is 159 Å². The van der Waals surface area contributed by atoms with Gasteiger partial charge in [0.25, 0.3) is 0 Å². The van der Waals surface area contributed by atoms with E-state index in [9.17, 15) is 22.0 Å². The van der Waals surface area contributed by atoms with Crippen LogP contribution in [-0.2, 0) is 13.1 Å². The average Bonchev–Trinajstić information content (AvgIpc) is 3.81. The summed E-state index contributed by atoms with van der Waals surface area (Å²) in [7, 11) is 0. The summed E-state index contributed by atoms with van der Waals surface area (Å²) in [5.74, 6) is -8.95. The number of aromatic nitrogens is 4. The molecule has 0 spiro atoms. The average molecular weight is 804 g/mol. The number of H-pyrrole nitrogens is 2. The van der Waals surface area contributed by atoms with E-state index in [1.807, 2.05) is 54.6 Å². The fourth-order valence-corrected chi connectivity index (χ4v) is 6.88. The SMILES string of the molecule is CSc1ccc(CNc2n[nH]c3cc(Cl)c(-c4ccccc4)cc23)cc1.Fc1c(F)c(F)c(CNc2n[nH]c3cc(Cl)c(-c4ccccc4)cc23)c(F)c1F. The standard InChI is InChI=1S/C21H18ClN3S.C20H11ClF5N3/c1-26-16-9-7-14(8-10-16)13-23-21-18-11-17(15-5-3-2-4-6-15)19(22)12-20(18)24-25-21;21-13-7-14-11(6-10(13)9-4-2-1-3-5-9)20(29-28-14)27-8-12-15(22)17(24)19(26)18(25)16(12)23/h2-12H,13H2,1H3,(H2,23,24,25);1-7H,8H2,(H2,27,28,29). The minimum Gasteiger partial charge on any atom is -0.364 e. The number of nitrogens with zero attached hydrogens (tertiary/aromatic N) is 2. The normalized spacial score (nSPS) is 11.1. The first-order chi connectivity index (χ1) is 26.6.